The molecule has 11 nitrogen and oxygen atoms in total. The number of nitrogens with one attached hydrogen (secondary N) is 1. The van der Waals surface area contributed by atoms with Crippen molar-refractivity contribution in [3.8, 4) is 0 Å². The van der Waals surface area contributed by atoms with Gasteiger partial charge in [-0.05, 0) is 77.6 Å². The van der Waals surface area contributed by atoms with Gasteiger partial charge in [-0.15, -0.1) is 0 Å². The van der Waals surface area contributed by atoms with Gasteiger partial charge in [-0.1, -0.05) is 15.9 Å². The summed E-state index contributed by atoms with van der Waals surface area (Å²) in [5.41, 5.74) is 11.6. The lowest BCUT2D eigenvalue weighted by Crippen LogP contribution is -2.45. The van der Waals surface area contributed by atoms with Crippen LogP contribution in [0.15, 0.2) is 16.6 Å². The van der Waals surface area contributed by atoms with E-state index in [9.17, 15) is 24.0 Å². The average Bonchev–Trinajstić information content (AvgIpc) is 3.05. The molecule has 0 aromatic heterocycles. The van der Waals surface area contributed by atoms with Crippen molar-refractivity contribution < 1.29 is 33.4 Å². The first-order valence-corrected chi connectivity index (χ1v) is 13.5. The summed E-state index contributed by atoms with van der Waals surface area (Å²) in [4.78, 5) is 63.0. The highest BCUT2D eigenvalue weighted by atomic mass is 79.9. The number of fused-ring (bicyclic) bond motifs is 1. The van der Waals surface area contributed by atoms with Crippen LogP contribution in [-0.2, 0) is 41.7 Å². The van der Waals surface area contributed by atoms with Crippen molar-refractivity contribution in [2.45, 2.75) is 104 Å². The molecule has 1 aliphatic heterocycles. The lowest BCUT2D eigenvalue weighted by Gasteiger charge is -2.25. The molecule has 3 amide bonds. The minimum Gasteiger partial charge on any atom is -0.460 e. The van der Waals surface area contributed by atoms with Crippen molar-refractivity contribution in [3.05, 3.63) is 33.3 Å². The number of nitrogens with zero attached hydrogens (tertiary/aromatic N) is 1. The number of rotatable bonds is 12. The fourth-order valence-electron chi connectivity index (χ4n) is 4.12. The number of primary amides is 2. The van der Waals surface area contributed by atoms with E-state index in [1.54, 1.807) is 53.7 Å². The second-order valence-corrected chi connectivity index (χ2v) is 12.4. The summed E-state index contributed by atoms with van der Waals surface area (Å²) in [6.07, 6.45) is 0.130. The first-order valence-electron chi connectivity index (χ1n) is 12.8. The number of benzene rings is 1. The number of amides is 3. The first-order chi connectivity index (χ1) is 17.9. The summed E-state index contributed by atoms with van der Waals surface area (Å²) in [6.45, 7) is 10.8. The van der Waals surface area contributed by atoms with Crippen molar-refractivity contribution >= 4 is 45.6 Å². The number of esters is 2. The van der Waals surface area contributed by atoms with Crippen LogP contribution < -0.4 is 16.8 Å². The minimum atomic E-state index is -0.982. The molecule has 0 fully saturated rings. The molecule has 39 heavy (non-hydrogen) atoms. The Balaban J connectivity index is 2.09. The molecule has 2 atom stereocenters. The molecule has 0 saturated heterocycles. The molecule has 216 valence electrons. The van der Waals surface area contributed by atoms with E-state index in [1.807, 2.05) is 0 Å². The van der Waals surface area contributed by atoms with Gasteiger partial charge < -0.3 is 31.2 Å². The van der Waals surface area contributed by atoms with Crippen molar-refractivity contribution in [1.82, 2.24) is 10.2 Å². The third-order valence-corrected chi connectivity index (χ3v) is 6.53. The summed E-state index contributed by atoms with van der Waals surface area (Å²) in [5.74, 6) is -2.63. The molecule has 0 bridgehead atoms. The number of carbonyl (C=O) groups excluding carboxylic acids is 5. The zero-order valence-corrected chi connectivity index (χ0v) is 25.0. The largest absolute Gasteiger partial charge is 0.460 e. The highest BCUT2D eigenvalue weighted by Crippen LogP contribution is 2.31. The maximum Gasteiger partial charge on any atom is 0.306 e. The highest BCUT2D eigenvalue weighted by Gasteiger charge is 2.36. The normalized spacial score (nSPS) is 14.9. The third kappa shape index (κ3) is 9.92. The molecule has 12 heteroatoms. The Morgan fingerprint density at radius 3 is 1.97 bits per heavy atom. The van der Waals surface area contributed by atoms with Gasteiger partial charge in [0, 0.05) is 36.0 Å². The predicted octanol–water partition coefficient (Wildman–Crippen LogP) is 2.45. The van der Waals surface area contributed by atoms with E-state index < -0.39 is 47.0 Å². The molecular formula is C27H39BrN4O7. The molecule has 0 unspecified atom stereocenters. The molecular weight excluding hydrogens is 572 g/mol. The Hall–Kier alpha value is -2.99. The number of nitrogens with two attached hydrogens (primary N) is 2. The standard InChI is InChI=1S/C27H39BrN4O7/c1-26(2,3)38-21(33)9-7-19(23(29)35)31-13-15-11-17-16(12-18(15)28)14-32(25(17)37)20(24(30)36)8-10-22(34)39-27(4,5)6/h11-12,19-20,31H,7-10,13-14H2,1-6H3,(H2,29,35)(H2,30,36)/t19-,20+/m0/s1. The molecule has 1 aromatic carbocycles. The van der Waals surface area contributed by atoms with Crippen molar-refractivity contribution in [1.29, 1.82) is 0 Å². The quantitative estimate of drug-likeness (QED) is 0.303. The second kappa shape index (κ2) is 12.9. The highest BCUT2D eigenvalue weighted by molar-refractivity contribution is 9.10. The van der Waals surface area contributed by atoms with Crippen LogP contribution in [0, 0.1) is 0 Å². The van der Waals surface area contributed by atoms with Gasteiger partial charge in [0.25, 0.3) is 5.91 Å². The molecule has 1 heterocycles. The summed E-state index contributed by atoms with van der Waals surface area (Å²) >= 11 is 3.50. The van der Waals surface area contributed by atoms with Gasteiger partial charge in [-0.25, -0.2) is 0 Å². The average molecular weight is 612 g/mol. The van der Waals surface area contributed by atoms with Crippen molar-refractivity contribution in [2.24, 2.45) is 11.5 Å². The molecule has 2 rings (SSSR count). The molecule has 0 spiro atoms. The van der Waals surface area contributed by atoms with Crippen LogP contribution >= 0.6 is 15.9 Å². The Labute approximate surface area is 237 Å². The smallest absolute Gasteiger partial charge is 0.306 e. The van der Waals surface area contributed by atoms with Gasteiger partial charge in [0.2, 0.25) is 11.8 Å². The lowest BCUT2D eigenvalue weighted by atomic mass is 10.0. The van der Waals surface area contributed by atoms with E-state index in [-0.39, 0.29) is 44.7 Å². The Morgan fingerprint density at radius 1 is 0.949 bits per heavy atom. The van der Waals surface area contributed by atoms with Crippen LogP contribution in [0.2, 0.25) is 0 Å². The van der Waals surface area contributed by atoms with Gasteiger partial charge in [0.15, 0.2) is 0 Å². The third-order valence-electron chi connectivity index (χ3n) is 5.79. The van der Waals surface area contributed by atoms with Crippen LogP contribution in [0.3, 0.4) is 0 Å². The second-order valence-electron chi connectivity index (χ2n) is 11.5. The van der Waals surface area contributed by atoms with Gasteiger partial charge in [0.1, 0.15) is 17.2 Å². The van der Waals surface area contributed by atoms with Crippen LogP contribution in [0.1, 0.15) is 88.7 Å². The van der Waals surface area contributed by atoms with Crippen LogP contribution in [0.4, 0.5) is 0 Å². The number of carbonyl (C=O) groups is 5. The maximum atomic E-state index is 13.3. The SMILES string of the molecule is CC(C)(C)OC(=O)CC[C@H](NCc1cc2c(cc1Br)CN([C@H](CCC(=O)OC(C)(C)C)C(N)=O)C2=O)C(N)=O. The topological polar surface area (TPSA) is 171 Å². The fraction of sp³-hybridized carbons (Fsp3) is 0.593. The summed E-state index contributed by atoms with van der Waals surface area (Å²) in [7, 11) is 0. The van der Waals surface area contributed by atoms with Gasteiger partial charge >= 0.3 is 11.9 Å². The molecule has 1 aliphatic rings. The van der Waals surface area contributed by atoms with Crippen molar-refractivity contribution in [3.63, 3.8) is 0 Å². The zero-order valence-electron chi connectivity index (χ0n) is 23.4. The lowest BCUT2D eigenvalue weighted by molar-refractivity contribution is -0.156. The fourth-order valence-corrected chi connectivity index (χ4v) is 4.65. The van der Waals surface area contributed by atoms with Crippen LogP contribution in [0.25, 0.3) is 0 Å². The van der Waals surface area contributed by atoms with E-state index in [0.29, 0.717) is 21.2 Å². The molecule has 0 saturated carbocycles. The molecule has 0 radical (unpaired) electrons. The summed E-state index contributed by atoms with van der Waals surface area (Å²) in [6, 6.07) is 1.67. The Morgan fingerprint density at radius 2 is 1.49 bits per heavy atom. The monoisotopic (exact) mass is 610 g/mol. The van der Waals surface area contributed by atoms with E-state index in [1.165, 1.54) is 4.90 Å². The zero-order chi connectivity index (χ0) is 29.7. The summed E-state index contributed by atoms with van der Waals surface area (Å²) < 4.78 is 11.3. The number of ether oxygens (including phenoxy) is 2. The molecule has 5 N–H and O–H groups in total. The first kappa shape index (κ1) is 32.2. The maximum absolute atomic E-state index is 13.3. The predicted molar refractivity (Wildman–Crippen MR) is 147 cm³/mol. The van der Waals surface area contributed by atoms with Crippen molar-refractivity contribution in [2.75, 3.05) is 0 Å². The summed E-state index contributed by atoms with van der Waals surface area (Å²) in [5, 5.41) is 3.04. The molecule has 0 aliphatic carbocycles. The number of hydrogen-bond acceptors (Lipinski definition) is 8. The van der Waals surface area contributed by atoms with E-state index in [4.69, 9.17) is 20.9 Å². The molecule has 1 aromatic rings. The number of hydrogen-bond donors (Lipinski definition) is 3. The van der Waals surface area contributed by atoms with Gasteiger partial charge in [0.05, 0.1) is 6.04 Å². The minimum absolute atomic E-state index is 0.00841. The number of halogens is 1. The van der Waals surface area contributed by atoms with Crippen LogP contribution in [0.5, 0.6) is 0 Å². The Kier molecular flexibility index (Phi) is 10.7. The Bertz CT molecular complexity index is 1120. The van der Waals surface area contributed by atoms with Gasteiger partial charge in [-0.2, -0.15) is 0 Å². The van der Waals surface area contributed by atoms with E-state index in [2.05, 4.69) is 21.2 Å². The van der Waals surface area contributed by atoms with Crippen LogP contribution in [-0.4, -0.2) is 57.8 Å². The van der Waals surface area contributed by atoms with E-state index in [0.717, 1.165) is 0 Å². The van der Waals surface area contributed by atoms with Gasteiger partial charge in [-0.3, -0.25) is 24.0 Å². The van der Waals surface area contributed by atoms with E-state index >= 15 is 0 Å².